The van der Waals surface area contributed by atoms with Gasteiger partial charge >= 0.3 is 5.97 Å². The Bertz CT molecular complexity index is 1580. The monoisotopic (exact) mass is 461 g/mol. The van der Waals surface area contributed by atoms with Crippen molar-refractivity contribution in [3.05, 3.63) is 77.4 Å². The minimum Gasteiger partial charge on any atom is -0.483 e. The first-order chi connectivity index (χ1) is 15.6. The number of aromatic nitrogens is 1. The third-order valence-corrected chi connectivity index (χ3v) is 7.63. The van der Waals surface area contributed by atoms with Crippen LogP contribution in [0.25, 0.3) is 27.9 Å². The zero-order valence-corrected chi connectivity index (χ0v) is 19.6. The van der Waals surface area contributed by atoms with E-state index in [1.807, 2.05) is 32.9 Å². The second kappa shape index (κ2) is 7.22. The van der Waals surface area contributed by atoms with Gasteiger partial charge in [-0.1, -0.05) is 23.8 Å². The van der Waals surface area contributed by atoms with Crippen molar-refractivity contribution in [1.29, 1.82) is 0 Å². The first-order valence-electron chi connectivity index (χ1n) is 10.5. The van der Waals surface area contributed by atoms with E-state index in [2.05, 4.69) is 0 Å². The molecule has 0 amide bonds. The van der Waals surface area contributed by atoms with Crippen molar-refractivity contribution in [2.75, 3.05) is 7.11 Å². The summed E-state index contributed by atoms with van der Waals surface area (Å²) in [6, 6.07) is 15.2. The van der Waals surface area contributed by atoms with Crippen molar-refractivity contribution >= 4 is 43.9 Å². The van der Waals surface area contributed by atoms with E-state index in [9.17, 15) is 13.2 Å². The summed E-state index contributed by atoms with van der Waals surface area (Å²) in [5, 5.41) is 1.34. The van der Waals surface area contributed by atoms with Crippen LogP contribution in [0.1, 0.15) is 35.3 Å². The van der Waals surface area contributed by atoms with Crippen LogP contribution in [0.15, 0.2) is 65.6 Å². The van der Waals surface area contributed by atoms with Gasteiger partial charge in [0, 0.05) is 16.3 Å². The number of rotatable bonds is 3. The van der Waals surface area contributed by atoms with Gasteiger partial charge in [-0.2, -0.15) is 0 Å². The molecule has 0 saturated heterocycles. The molecule has 3 aromatic carbocycles. The molecule has 0 atom stereocenters. The number of nitrogens with zero attached hydrogens (tertiary/aromatic N) is 1. The van der Waals surface area contributed by atoms with Gasteiger partial charge in [0.05, 0.1) is 28.6 Å². The molecular formula is C26H23NO5S. The first kappa shape index (κ1) is 21.3. The fourth-order valence-corrected chi connectivity index (χ4v) is 5.78. The zero-order chi connectivity index (χ0) is 23.5. The summed E-state index contributed by atoms with van der Waals surface area (Å²) in [7, 11) is -2.60. The molecule has 0 aliphatic carbocycles. The van der Waals surface area contributed by atoms with E-state index < -0.39 is 21.6 Å². The summed E-state index contributed by atoms with van der Waals surface area (Å²) < 4.78 is 40.0. The van der Waals surface area contributed by atoms with E-state index in [1.165, 1.54) is 11.1 Å². The molecule has 1 aliphatic rings. The summed E-state index contributed by atoms with van der Waals surface area (Å²) in [6.45, 7) is 5.82. The SMILES string of the molecule is COC(=O)c1ccc2c(c1)c1c3c(ccc1n2S(=O)(=O)c1ccc(C)cc1)OC(C)(C)C=C3. The fraction of sp³-hybridized carbons (Fsp3) is 0.192. The highest BCUT2D eigenvalue weighted by Crippen LogP contribution is 2.42. The van der Waals surface area contributed by atoms with Crippen molar-refractivity contribution in [2.45, 2.75) is 31.3 Å². The van der Waals surface area contributed by atoms with Gasteiger partial charge in [-0.3, -0.25) is 0 Å². The van der Waals surface area contributed by atoms with Crippen LogP contribution in [-0.4, -0.2) is 31.1 Å². The van der Waals surface area contributed by atoms with Gasteiger partial charge in [-0.05, 0) is 69.3 Å². The van der Waals surface area contributed by atoms with E-state index >= 15 is 0 Å². The van der Waals surface area contributed by atoms with Crippen molar-refractivity contribution in [3.8, 4) is 5.75 Å². The smallest absolute Gasteiger partial charge is 0.337 e. The van der Waals surface area contributed by atoms with Crippen LogP contribution >= 0.6 is 0 Å². The minimum atomic E-state index is -3.92. The number of carbonyl (C=O) groups is 1. The van der Waals surface area contributed by atoms with Gasteiger partial charge in [0.15, 0.2) is 0 Å². The van der Waals surface area contributed by atoms with Crippen LogP contribution in [0, 0.1) is 6.92 Å². The lowest BCUT2D eigenvalue weighted by Crippen LogP contribution is -2.27. The second-order valence-corrected chi connectivity index (χ2v) is 10.5. The molecule has 6 nitrogen and oxygen atoms in total. The molecule has 5 rings (SSSR count). The highest BCUT2D eigenvalue weighted by molar-refractivity contribution is 7.90. The maximum Gasteiger partial charge on any atom is 0.337 e. The molecule has 33 heavy (non-hydrogen) atoms. The highest BCUT2D eigenvalue weighted by atomic mass is 32.2. The van der Waals surface area contributed by atoms with Crippen LogP contribution in [0.4, 0.5) is 0 Å². The van der Waals surface area contributed by atoms with Crippen LogP contribution in [-0.2, 0) is 14.8 Å². The predicted molar refractivity (Wildman–Crippen MR) is 128 cm³/mol. The molecule has 0 unspecified atom stereocenters. The van der Waals surface area contributed by atoms with Crippen LogP contribution in [0.3, 0.4) is 0 Å². The molecule has 0 spiro atoms. The molecule has 0 radical (unpaired) electrons. The Morgan fingerprint density at radius 1 is 1.00 bits per heavy atom. The number of carbonyl (C=O) groups excluding carboxylic acids is 1. The lowest BCUT2D eigenvalue weighted by molar-refractivity contribution is 0.0601. The number of ether oxygens (including phenoxy) is 2. The Morgan fingerprint density at radius 2 is 1.70 bits per heavy atom. The lowest BCUT2D eigenvalue weighted by Gasteiger charge is -2.28. The molecule has 0 fully saturated rings. The molecule has 7 heteroatoms. The molecule has 1 aliphatic heterocycles. The lowest BCUT2D eigenvalue weighted by atomic mass is 9.98. The molecule has 4 aromatic rings. The number of methoxy groups -OCH3 is 1. The largest absolute Gasteiger partial charge is 0.483 e. The van der Waals surface area contributed by atoms with Crippen LogP contribution in [0.2, 0.25) is 0 Å². The van der Waals surface area contributed by atoms with Crippen molar-refractivity contribution in [3.63, 3.8) is 0 Å². The third-order valence-electron chi connectivity index (χ3n) is 5.89. The molecule has 2 heterocycles. The van der Waals surface area contributed by atoms with Gasteiger partial charge in [0.2, 0.25) is 0 Å². The van der Waals surface area contributed by atoms with Gasteiger partial charge in [0.1, 0.15) is 11.4 Å². The normalized spacial score (nSPS) is 14.8. The first-order valence-corrected chi connectivity index (χ1v) is 12.0. The Hall–Kier alpha value is -3.58. The Kier molecular flexibility index (Phi) is 4.65. The van der Waals surface area contributed by atoms with E-state index in [-0.39, 0.29) is 4.90 Å². The highest BCUT2D eigenvalue weighted by Gasteiger charge is 2.29. The minimum absolute atomic E-state index is 0.189. The number of hydrogen-bond donors (Lipinski definition) is 0. The Morgan fingerprint density at radius 3 is 2.39 bits per heavy atom. The van der Waals surface area contributed by atoms with Crippen LogP contribution < -0.4 is 4.74 Å². The summed E-state index contributed by atoms with van der Waals surface area (Å²) in [4.78, 5) is 12.4. The molecule has 0 saturated carbocycles. The summed E-state index contributed by atoms with van der Waals surface area (Å²) in [6.07, 6.45) is 3.89. The van der Waals surface area contributed by atoms with Crippen LogP contribution in [0.5, 0.6) is 5.75 Å². The van der Waals surface area contributed by atoms with E-state index in [1.54, 1.807) is 54.6 Å². The number of aryl methyl sites for hydroxylation is 1. The number of esters is 1. The second-order valence-electron chi connectivity index (χ2n) is 8.72. The standard InChI is InChI=1S/C26H23NO5S/c1-16-5-8-18(9-6-16)33(29,30)27-21-10-7-17(25(28)31-4)15-20(21)24-19-13-14-26(2,3)32-23(19)12-11-22(24)27/h5-15H,1-4H3. The van der Waals surface area contributed by atoms with E-state index in [4.69, 9.17) is 9.47 Å². The van der Waals surface area contributed by atoms with Crippen molar-refractivity contribution in [2.24, 2.45) is 0 Å². The fourth-order valence-electron chi connectivity index (χ4n) is 4.26. The maximum absolute atomic E-state index is 13.8. The van der Waals surface area contributed by atoms with Gasteiger partial charge < -0.3 is 9.47 Å². The summed E-state index contributed by atoms with van der Waals surface area (Å²) >= 11 is 0. The molecule has 0 N–H and O–H groups in total. The molecule has 1 aromatic heterocycles. The Balaban J connectivity index is 1.90. The molecule has 168 valence electrons. The predicted octanol–water partition coefficient (Wildman–Crippen LogP) is 5.31. The molecule has 0 bridgehead atoms. The van der Waals surface area contributed by atoms with Crippen molar-refractivity contribution < 1.29 is 22.7 Å². The summed E-state index contributed by atoms with van der Waals surface area (Å²) in [5.41, 5.74) is 2.60. The van der Waals surface area contributed by atoms with Gasteiger partial charge in [-0.25, -0.2) is 17.2 Å². The number of fused-ring (bicyclic) bond motifs is 5. The quantitative estimate of drug-likeness (QED) is 0.387. The third kappa shape index (κ3) is 3.31. The average molecular weight is 462 g/mol. The van der Waals surface area contributed by atoms with E-state index in [0.29, 0.717) is 33.1 Å². The number of hydrogen-bond acceptors (Lipinski definition) is 5. The maximum atomic E-state index is 13.8. The Labute approximate surface area is 192 Å². The topological polar surface area (TPSA) is 74.6 Å². The van der Waals surface area contributed by atoms with Crippen molar-refractivity contribution in [1.82, 2.24) is 3.97 Å². The average Bonchev–Trinajstić information content (AvgIpc) is 3.12. The number of benzene rings is 3. The van der Waals surface area contributed by atoms with Gasteiger partial charge in [0.25, 0.3) is 10.0 Å². The van der Waals surface area contributed by atoms with Gasteiger partial charge in [-0.15, -0.1) is 0 Å². The summed E-state index contributed by atoms with van der Waals surface area (Å²) in [5.74, 6) is 0.169. The van der Waals surface area contributed by atoms with E-state index in [0.717, 1.165) is 11.1 Å². The molecular weight excluding hydrogens is 438 g/mol. The zero-order valence-electron chi connectivity index (χ0n) is 18.7.